The zero-order valence-electron chi connectivity index (χ0n) is 11.1. The van der Waals surface area contributed by atoms with Crippen molar-refractivity contribution in [3.05, 3.63) is 0 Å². The molecule has 2 aliphatic rings. The number of carbonyl (C=O) groups excluding carboxylic acids is 2. The van der Waals surface area contributed by atoms with Gasteiger partial charge in [-0.1, -0.05) is 13.3 Å². The summed E-state index contributed by atoms with van der Waals surface area (Å²) in [4.78, 5) is 25.2. The van der Waals surface area contributed by atoms with Gasteiger partial charge in [-0.15, -0.1) is 0 Å². The van der Waals surface area contributed by atoms with E-state index in [0.717, 1.165) is 26.1 Å². The second-order valence-corrected chi connectivity index (χ2v) is 5.27. The van der Waals surface area contributed by atoms with Crippen LogP contribution in [0.1, 0.15) is 39.0 Å². The highest BCUT2D eigenvalue weighted by molar-refractivity contribution is 6.05. The van der Waals surface area contributed by atoms with Gasteiger partial charge < -0.3 is 5.32 Å². The molecule has 2 N–H and O–H groups in total. The fraction of sp³-hybridized carbons (Fsp3) is 0.846. The molecule has 0 aromatic carbocycles. The molecule has 18 heavy (non-hydrogen) atoms. The van der Waals surface area contributed by atoms with Gasteiger partial charge in [0.2, 0.25) is 11.8 Å². The van der Waals surface area contributed by atoms with E-state index in [1.165, 1.54) is 19.3 Å². The van der Waals surface area contributed by atoms with Crippen LogP contribution in [-0.4, -0.2) is 48.4 Å². The predicted molar refractivity (Wildman–Crippen MR) is 69.1 cm³/mol. The maximum Gasteiger partial charge on any atom is 0.244 e. The maximum absolute atomic E-state index is 11.7. The van der Waals surface area contributed by atoms with Crippen LogP contribution < -0.4 is 10.6 Å². The fourth-order valence-corrected chi connectivity index (χ4v) is 2.86. The van der Waals surface area contributed by atoms with Crippen LogP contribution in [0.5, 0.6) is 0 Å². The summed E-state index contributed by atoms with van der Waals surface area (Å²) in [6.45, 7) is 4.93. The number of rotatable bonds is 5. The van der Waals surface area contributed by atoms with Crippen LogP contribution in [0.25, 0.3) is 0 Å². The molecule has 2 amide bonds. The number of hydrogen-bond acceptors (Lipinski definition) is 4. The number of piperidine rings is 1. The van der Waals surface area contributed by atoms with Crippen molar-refractivity contribution in [3.8, 4) is 0 Å². The standard InChI is InChI=1S/C13H23N3O2/c1-2-7-16(9-10-5-3-4-6-14-10)11-8-12(17)15-13(11)18/h10-11,14H,2-9H2,1H3,(H,15,17,18). The van der Waals surface area contributed by atoms with Gasteiger partial charge in [0.25, 0.3) is 0 Å². The first-order valence-electron chi connectivity index (χ1n) is 7.02. The molecule has 0 aliphatic carbocycles. The van der Waals surface area contributed by atoms with Gasteiger partial charge in [-0.05, 0) is 32.4 Å². The predicted octanol–water partition coefficient (Wildman–Crippen LogP) is 0.256. The van der Waals surface area contributed by atoms with Crippen LogP contribution in [0.15, 0.2) is 0 Å². The Bertz CT molecular complexity index is 313. The molecule has 2 saturated heterocycles. The summed E-state index contributed by atoms with van der Waals surface area (Å²) in [5.41, 5.74) is 0. The Hall–Kier alpha value is -0.940. The van der Waals surface area contributed by atoms with Crippen molar-refractivity contribution in [3.63, 3.8) is 0 Å². The van der Waals surface area contributed by atoms with E-state index in [0.29, 0.717) is 12.5 Å². The van der Waals surface area contributed by atoms with E-state index >= 15 is 0 Å². The van der Waals surface area contributed by atoms with Crippen LogP contribution in [0.4, 0.5) is 0 Å². The molecule has 2 fully saturated rings. The van der Waals surface area contributed by atoms with E-state index < -0.39 is 0 Å². The van der Waals surface area contributed by atoms with Crippen LogP contribution in [0, 0.1) is 0 Å². The molecule has 5 nitrogen and oxygen atoms in total. The summed E-state index contributed by atoms with van der Waals surface area (Å²) >= 11 is 0. The summed E-state index contributed by atoms with van der Waals surface area (Å²) < 4.78 is 0. The second-order valence-electron chi connectivity index (χ2n) is 5.27. The van der Waals surface area contributed by atoms with Gasteiger partial charge in [-0.2, -0.15) is 0 Å². The Kier molecular flexibility index (Phi) is 4.72. The van der Waals surface area contributed by atoms with Crippen molar-refractivity contribution in [2.24, 2.45) is 0 Å². The number of nitrogens with zero attached hydrogens (tertiary/aromatic N) is 1. The van der Waals surface area contributed by atoms with Crippen LogP contribution in [0.3, 0.4) is 0 Å². The van der Waals surface area contributed by atoms with E-state index in [1.807, 2.05) is 0 Å². The normalized spacial score (nSPS) is 28.8. The number of hydrogen-bond donors (Lipinski definition) is 2. The number of imide groups is 1. The van der Waals surface area contributed by atoms with E-state index in [2.05, 4.69) is 22.5 Å². The third-order valence-electron chi connectivity index (χ3n) is 3.76. The van der Waals surface area contributed by atoms with Gasteiger partial charge in [0.15, 0.2) is 0 Å². The molecule has 0 aromatic heterocycles. The minimum atomic E-state index is -0.249. The van der Waals surface area contributed by atoms with Crippen LogP contribution in [0.2, 0.25) is 0 Å². The highest BCUT2D eigenvalue weighted by Gasteiger charge is 2.35. The first-order chi connectivity index (χ1) is 8.70. The molecular formula is C13H23N3O2. The Balaban J connectivity index is 1.94. The van der Waals surface area contributed by atoms with Crippen molar-refractivity contribution in [1.82, 2.24) is 15.5 Å². The molecule has 5 heteroatoms. The van der Waals surface area contributed by atoms with E-state index in [9.17, 15) is 9.59 Å². The average Bonchev–Trinajstić information content (AvgIpc) is 2.69. The largest absolute Gasteiger partial charge is 0.313 e. The molecule has 2 aliphatic heterocycles. The highest BCUT2D eigenvalue weighted by Crippen LogP contribution is 2.15. The Labute approximate surface area is 108 Å². The van der Waals surface area contributed by atoms with Crippen molar-refractivity contribution in [2.75, 3.05) is 19.6 Å². The lowest BCUT2D eigenvalue weighted by Gasteiger charge is -2.32. The zero-order chi connectivity index (χ0) is 13.0. The summed E-state index contributed by atoms with van der Waals surface area (Å²) in [7, 11) is 0. The monoisotopic (exact) mass is 253 g/mol. The molecule has 2 heterocycles. The molecule has 102 valence electrons. The molecule has 0 spiro atoms. The zero-order valence-corrected chi connectivity index (χ0v) is 11.1. The summed E-state index contributed by atoms with van der Waals surface area (Å²) in [6.07, 6.45) is 5.00. The number of amides is 2. The Morgan fingerprint density at radius 2 is 2.17 bits per heavy atom. The molecular weight excluding hydrogens is 230 g/mol. The third-order valence-corrected chi connectivity index (χ3v) is 3.76. The topological polar surface area (TPSA) is 61.4 Å². The van der Waals surface area contributed by atoms with Gasteiger partial charge in [0.05, 0.1) is 12.5 Å². The van der Waals surface area contributed by atoms with E-state index in [1.54, 1.807) is 0 Å². The number of carbonyl (C=O) groups is 2. The molecule has 0 saturated carbocycles. The minimum Gasteiger partial charge on any atom is -0.313 e. The first kappa shape index (κ1) is 13.5. The molecule has 2 unspecified atom stereocenters. The Morgan fingerprint density at radius 1 is 1.33 bits per heavy atom. The minimum absolute atomic E-state index is 0.121. The highest BCUT2D eigenvalue weighted by atomic mass is 16.2. The van der Waals surface area contributed by atoms with Crippen molar-refractivity contribution in [2.45, 2.75) is 51.1 Å². The molecule has 2 atom stereocenters. The smallest absolute Gasteiger partial charge is 0.244 e. The van der Waals surface area contributed by atoms with E-state index in [-0.39, 0.29) is 17.9 Å². The van der Waals surface area contributed by atoms with Crippen LogP contribution >= 0.6 is 0 Å². The summed E-state index contributed by atoms with van der Waals surface area (Å²) in [5.74, 6) is -0.257. The lowest BCUT2D eigenvalue weighted by atomic mass is 10.0. The fourth-order valence-electron chi connectivity index (χ4n) is 2.86. The molecule has 2 rings (SSSR count). The van der Waals surface area contributed by atoms with Crippen molar-refractivity contribution >= 4 is 11.8 Å². The van der Waals surface area contributed by atoms with Crippen molar-refractivity contribution in [1.29, 1.82) is 0 Å². The SMILES string of the molecule is CCCN(CC1CCCCN1)C1CC(=O)NC1=O. The van der Waals surface area contributed by atoms with Crippen molar-refractivity contribution < 1.29 is 9.59 Å². The average molecular weight is 253 g/mol. The second kappa shape index (κ2) is 6.29. The van der Waals surface area contributed by atoms with Crippen LogP contribution in [-0.2, 0) is 9.59 Å². The summed E-state index contributed by atoms with van der Waals surface area (Å²) in [6, 6.07) is 0.218. The van der Waals surface area contributed by atoms with Gasteiger partial charge in [0.1, 0.15) is 0 Å². The number of nitrogens with one attached hydrogen (secondary N) is 2. The van der Waals surface area contributed by atoms with E-state index in [4.69, 9.17) is 0 Å². The Morgan fingerprint density at radius 3 is 2.72 bits per heavy atom. The molecule has 0 radical (unpaired) electrons. The molecule has 0 aromatic rings. The lowest BCUT2D eigenvalue weighted by Crippen LogP contribution is -2.49. The third kappa shape index (κ3) is 3.29. The van der Waals surface area contributed by atoms with Gasteiger partial charge in [0, 0.05) is 12.6 Å². The van der Waals surface area contributed by atoms with Gasteiger partial charge in [-0.25, -0.2) is 0 Å². The van der Waals surface area contributed by atoms with Gasteiger partial charge >= 0.3 is 0 Å². The first-order valence-corrected chi connectivity index (χ1v) is 7.02. The van der Waals surface area contributed by atoms with Gasteiger partial charge in [-0.3, -0.25) is 19.8 Å². The maximum atomic E-state index is 11.7. The summed E-state index contributed by atoms with van der Waals surface area (Å²) in [5, 5.41) is 5.90. The quantitative estimate of drug-likeness (QED) is 0.690. The molecule has 0 bridgehead atoms. The lowest BCUT2D eigenvalue weighted by molar-refractivity contribution is -0.126.